The molecule has 96 valence electrons. The van der Waals surface area contributed by atoms with Gasteiger partial charge in [-0.05, 0) is 26.0 Å². The summed E-state index contributed by atoms with van der Waals surface area (Å²) in [4.78, 5) is 2.33. The number of aliphatic hydroxyl groups excluding tert-OH is 1. The fourth-order valence-electron chi connectivity index (χ4n) is 2.16. The van der Waals surface area contributed by atoms with Crippen LogP contribution >= 0.6 is 0 Å². The fraction of sp³-hybridized carbons (Fsp3) is 0.692. The van der Waals surface area contributed by atoms with Crippen molar-refractivity contribution < 1.29 is 14.3 Å². The summed E-state index contributed by atoms with van der Waals surface area (Å²) in [5.41, 5.74) is 0. The number of hydrogen-bond donors (Lipinski definition) is 1. The van der Waals surface area contributed by atoms with Gasteiger partial charge in [0.2, 0.25) is 0 Å². The van der Waals surface area contributed by atoms with Crippen LogP contribution in [0.5, 0.6) is 0 Å². The number of nitrogens with zero attached hydrogens (tertiary/aromatic N) is 1. The van der Waals surface area contributed by atoms with Gasteiger partial charge in [-0.15, -0.1) is 0 Å². The highest BCUT2D eigenvalue weighted by atomic mass is 16.5. The minimum atomic E-state index is -0.498. The van der Waals surface area contributed by atoms with Gasteiger partial charge in [-0.1, -0.05) is 0 Å². The molecule has 0 amide bonds. The minimum absolute atomic E-state index is 0.115. The van der Waals surface area contributed by atoms with Crippen LogP contribution in [0.2, 0.25) is 0 Å². The number of aliphatic hydroxyl groups is 1. The second-order valence-electron chi connectivity index (χ2n) is 4.85. The summed E-state index contributed by atoms with van der Waals surface area (Å²) in [5.74, 6) is 0.808. The molecule has 1 aromatic rings. The SMILES string of the molecule is CC(C)N1CCOC(C(O)Cc2ccco2)C1. The van der Waals surface area contributed by atoms with Gasteiger partial charge in [-0.25, -0.2) is 0 Å². The first-order valence-electron chi connectivity index (χ1n) is 6.23. The van der Waals surface area contributed by atoms with Gasteiger partial charge in [0.1, 0.15) is 5.76 Å². The highest BCUT2D eigenvalue weighted by Gasteiger charge is 2.28. The standard InChI is InChI=1S/C13H21NO3/c1-10(2)14-5-7-17-13(9-14)12(15)8-11-4-3-6-16-11/h3-4,6,10,12-13,15H,5,7-9H2,1-2H3. The van der Waals surface area contributed by atoms with Crippen LogP contribution in [-0.2, 0) is 11.2 Å². The molecule has 0 radical (unpaired) electrons. The lowest BCUT2D eigenvalue weighted by molar-refractivity contribution is -0.0950. The molecule has 0 aromatic carbocycles. The van der Waals surface area contributed by atoms with Gasteiger partial charge >= 0.3 is 0 Å². The Kier molecular flexibility index (Phi) is 4.20. The highest BCUT2D eigenvalue weighted by Crippen LogP contribution is 2.15. The van der Waals surface area contributed by atoms with Gasteiger partial charge in [0, 0.05) is 25.6 Å². The van der Waals surface area contributed by atoms with Crippen LogP contribution in [0.25, 0.3) is 0 Å². The Morgan fingerprint density at radius 3 is 3.00 bits per heavy atom. The Hall–Kier alpha value is -0.840. The molecule has 1 aliphatic rings. The van der Waals surface area contributed by atoms with Gasteiger partial charge in [0.05, 0.1) is 25.1 Å². The van der Waals surface area contributed by atoms with E-state index in [1.165, 1.54) is 0 Å². The number of rotatable bonds is 4. The predicted molar refractivity (Wildman–Crippen MR) is 64.9 cm³/mol. The van der Waals surface area contributed by atoms with E-state index in [9.17, 15) is 5.11 Å². The van der Waals surface area contributed by atoms with E-state index in [0.717, 1.165) is 18.8 Å². The molecule has 1 aromatic heterocycles. The normalized spacial score (nSPS) is 24.1. The maximum Gasteiger partial charge on any atom is 0.106 e. The van der Waals surface area contributed by atoms with Gasteiger partial charge in [0.15, 0.2) is 0 Å². The first kappa shape index (κ1) is 12.6. The van der Waals surface area contributed by atoms with Crippen LogP contribution in [0.4, 0.5) is 0 Å². The molecule has 1 fully saturated rings. The molecule has 0 saturated carbocycles. The first-order chi connectivity index (χ1) is 8.16. The van der Waals surface area contributed by atoms with Crippen LogP contribution in [0.1, 0.15) is 19.6 Å². The summed E-state index contributed by atoms with van der Waals surface area (Å²) in [5, 5.41) is 10.1. The smallest absolute Gasteiger partial charge is 0.106 e. The van der Waals surface area contributed by atoms with Crippen LogP contribution in [0, 0.1) is 0 Å². The Morgan fingerprint density at radius 2 is 2.35 bits per heavy atom. The minimum Gasteiger partial charge on any atom is -0.469 e. The van der Waals surface area contributed by atoms with E-state index in [4.69, 9.17) is 9.15 Å². The molecule has 0 aliphatic carbocycles. The van der Waals surface area contributed by atoms with Crippen LogP contribution < -0.4 is 0 Å². The zero-order valence-corrected chi connectivity index (χ0v) is 10.5. The monoisotopic (exact) mass is 239 g/mol. The van der Waals surface area contributed by atoms with E-state index in [1.54, 1.807) is 6.26 Å². The summed E-state index contributed by atoms with van der Waals surface area (Å²) >= 11 is 0. The molecular formula is C13H21NO3. The highest BCUT2D eigenvalue weighted by molar-refractivity contribution is 5.00. The van der Waals surface area contributed by atoms with E-state index in [2.05, 4.69) is 18.7 Å². The van der Waals surface area contributed by atoms with E-state index < -0.39 is 6.10 Å². The number of furan rings is 1. The second kappa shape index (κ2) is 5.67. The molecule has 1 saturated heterocycles. The maximum absolute atomic E-state index is 10.1. The molecule has 17 heavy (non-hydrogen) atoms. The molecule has 2 unspecified atom stereocenters. The topological polar surface area (TPSA) is 45.8 Å². The molecular weight excluding hydrogens is 218 g/mol. The average Bonchev–Trinajstić information content (AvgIpc) is 2.82. The van der Waals surface area contributed by atoms with Gasteiger partial charge in [-0.3, -0.25) is 4.90 Å². The predicted octanol–water partition coefficient (Wildman–Crippen LogP) is 1.29. The molecule has 2 atom stereocenters. The maximum atomic E-state index is 10.1. The molecule has 2 rings (SSSR count). The summed E-state index contributed by atoms with van der Waals surface area (Å²) in [7, 11) is 0. The second-order valence-corrected chi connectivity index (χ2v) is 4.85. The van der Waals surface area contributed by atoms with Crippen molar-refractivity contribution in [3.05, 3.63) is 24.2 Å². The summed E-state index contributed by atoms with van der Waals surface area (Å²) in [6.45, 7) is 6.77. The first-order valence-corrected chi connectivity index (χ1v) is 6.23. The molecule has 4 heteroatoms. The number of ether oxygens (including phenoxy) is 1. The quantitative estimate of drug-likeness (QED) is 0.860. The number of hydrogen-bond acceptors (Lipinski definition) is 4. The van der Waals surface area contributed by atoms with Crippen LogP contribution in [0.15, 0.2) is 22.8 Å². The van der Waals surface area contributed by atoms with Crippen molar-refractivity contribution in [1.29, 1.82) is 0 Å². The molecule has 0 bridgehead atoms. The van der Waals surface area contributed by atoms with Gasteiger partial charge < -0.3 is 14.3 Å². The largest absolute Gasteiger partial charge is 0.469 e. The summed E-state index contributed by atoms with van der Waals surface area (Å²) < 4.78 is 10.9. The fourth-order valence-corrected chi connectivity index (χ4v) is 2.16. The molecule has 1 aliphatic heterocycles. The van der Waals surface area contributed by atoms with E-state index in [0.29, 0.717) is 19.1 Å². The lowest BCUT2D eigenvalue weighted by Gasteiger charge is -2.37. The lowest BCUT2D eigenvalue weighted by atomic mass is 10.1. The van der Waals surface area contributed by atoms with Gasteiger partial charge in [-0.2, -0.15) is 0 Å². The zero-order valence-electron chi connectivity index (χ0n) is 10.5. The molecule has 0 spiro atoms. The Bertz CT molecular complexity index is 323. The van der Waals surface area contributed by atoms with Crippen molar-refractivity contribution in [2.45, 2.75) is 38.5 Å². The van der Waals surface area contributed by atoms with Gasteiger partial charge in [0.25, 0.3) is 0 Å². The molecule has 2 heterocycles. The lowest BCUT2D eigenvalue weighted by Crippen LogP contribution is -2.50. The molecule has 4 nitrogen and oxygen atoms in total. The number of morpholine rings is 1. The van der Waals surface area contributed by atoms with Crippen molar-refractivity contribution in [1.82, 2.24) is 4.90 Å². The van der Waals surface area contributed by atoms with E-state index >= 15 is 0 Å². The van der Waals surface area contributed by atoms with Crippen molar-refractivity contribution in [3.8, 4) is 0 Å². The zero-order chi connectivity index (χ0) is 12.3. The van der Waals surface area contributed by atoms with E-state index in [1.807, 2.05) is 12.1 Å². The summed E-state index contributed by atoms with van der Waals surface area (Å²) in [6, 6.07) is 4.22. The molecule has 1 N–H and O–H groups in total. The average molecular weight is 239 g/mol. The Morgan fingerprint density at radius 1 is 1.53 bits per heavy atom. The van der Waals surface area contributed by atoms with Crippen LogP contribution in [0.3, 0.4) is 0 Å². The van der Waals surface area contributed by atoms with Crippen molar-refractivity contribution in [3.63, 3.8) is 0 Å². The Balaban J connectivity index is 1.88. The summed E-state index contributed by atoms with van der Waals surface area (Å²) in [6.07, 6.45) is 1.53. The van der Waals surface area contributed by atoms with Crippen molar-refractivity contribution >= 4 is 0 Å². The Labute approximate surface area is 102 Å². The van der Waals surface area contributed by atoms with Crippen molar-refractivity contribution in [2.75, 3.05) is 19.7 Å². The third-order valence-electron chi connectivity index (χ3n) is 3.27. The third kappa shape index (κ3) is 3.31. The van der Waals surface area contributed by atoms with E-state index in [-0.39, 0.29) is 6.10 Å². The van der Waals surface area contributed by atoms with Crippen molar-refractivity contribution in [2.24, 2.45) is 0 Å². The third-order valence-corrected chi connectivity index (χ3v) is 3.27. The van der Waals surface area contributed by atoms with Crippen LogP contribution in [-0.4, -0.2) is 48.0 Å².